The largest absolute Gasteiger partial charge is 0.455 e. The molecule has 0 radical (unpaired) electrons. The van der Waals surface area contributed by atoms with E-state index in [0.29, 0.717) is 22.8 Å². The molecule has 2 aromatic rings. The van der Waals surface area contributed by atoms with Gasteiger partial charge in [0.05, 0.1) is 17.2 Å². The van der Waals surface area contributed by atoms with Crippen LogP contribution < -0.4 is 4.74 Å². The van der Waals surface area contributed by atoms with Crippen LogP contribution in [-0.2, 0) is 0 Å². The minimum atomic E-state index is -0.446. The second kappa shape index (κ2) is 5.70. The van der Waals surface area contributed by atoms with Crippen molar-refractivity contribution in [1.29, 1.82) is 0 Å². The number of aromatic nitrogens is 1. The van der Waals surface area contributed by atoms with Gasteiger partial charge in [0.25, 0.3) is 5.69 Å². The van der Waals surface area contributed by atoms with Crippen molar-refractivity contribution in [2.24, 2.45) is 0 Å². The Morgan fingerprint density at radius 1 is 1.24 bits per heavy atom. The van der Waals surface area contributed by atoms with Gasteiger partial charge < -0.3 is 4.74 Å². The lowest BCUT2D eigenvalue weighted by Gasteiger charge is -2.09. The highest BCUT2D eigenvalue weighted by atomic mass is 16.6. The number of carbonyl (C=O) groups excluding carboxylic acids is 1. The van der Waals surface area contributed by atoms with Crippen molar-refractivity contribution in [1.82, 2.24) is 4.98 Å². The monoisotopic (exact) mass is 286 g/mol. The second-order valence-corrected chi connectivity index (χ2v) is 4.70. The molecule has 6 heteroatoms. The van der Waals surface area contributed by atoms with Crippen molar-refractivity contribution in [2.75, 3.05) is 0 Å². The third-order valence-corrected chi connectivity index (χ3v) is 3.02. The number of Topliss-reactive ketones (excluding diaryl/α,β-unsaturated/α-hetero) is 1. The van der Waals surface area contributed by atoms with Gasteiger partial charge in [-0.25, -0.2) is 4.98 Å². The summed E-state index contributed by atoms with van der Waals surface area (Å²) in [5.41, 5.74) is 1.71. The molecule has 0 atom stereocenters. The van der Waals surface area contributed by atoms with Gasteiger partial charge in [0.15, 0.2) is 5.78 Å². The summed E-state index contributed by atoms with van der Waals surface area (Å²) < 4.78 is 5.61. The fraction of sp³-hybridized carbons (Fsp3) is 0.200. The number of benzene rings is 1. The summed E-state index contributed by atoms with van der Waals surface area (Å²) in [4.78, 5) is 25.6. The molecule has 108 valence electrons. The average molecular weight is 286 g/mol. The number of pyridine rings is 1. The van der Waals surface area contributed by atoms with Crippen LogP contribution in [0.25, 0.3) is 0 Å². The molecule has 1 heterocycles. The maximum atomic E-state index is 11.1. The van der Waals surface area contributed by atoms with Crippen LogP contribution >= 0.6 is 0 Å². The normalized spacial score (nSPS) is 10.2. The predicted molar refractivity (Wildman–Crippen MR) is 76.9 cm³/mol. The molecular formula is C15H14N2O4. The van der Waals surface area contributed by atoms with Crippen molar-refractivity contribution in [3.05, 3.63) is 57.4 Å². The fourth-order valence-corrected chi connectivity index (χ4v) is 1.90. The van der Waals surface area contributed by atoms with Crippen LogP contribution in [0.4, 0.5) is 5.69 Å². The first-order valence-electron chi connectivity index (χ1n) is 6.29. The number of ketones is 1. The van der Waals surface area contributed by atoms with Crippen molar-refractivity contribution < 1.29 is 14.5 Å². The molecule has 0 aliphatic carbocycles. The molecule has 0 N–H and O–H groups in total. The van der Waals surface area contributed by atoms with E-state index in [-0.39, 0.29) is 11.5 Å². The molecule has 0 aliphatic rings. The van der Waals surface area contributed by atoms with E-state index in [1.807, 2.05) is 6.92 Å². The third kappa shape index (κ3) is 3.22. The number of ether oxygens (including phenoxy) is 1. The van der Waals surface area contributed by atoms with Gasteiger partial charge in [0.2, 0.25) is 0 Å². The standard InChI is InChI=1S/C15H14N2O4/c1-9-6-10(2)15(7-14(9)17(19)20)21-12-4-5-13(11(3)18)16-8-12/h4-8H,1-3H3. The Morgan fingerprint density at radius 2 is 1.95 bits per heavy atom. The molecule has 6 nitrogen and oxygen atoms in total. The van der Waals surface area contributed by atoms with Crippen molar-refractivity contribution in [3.63, 3.8) is 0 Å². The zero-order chi connectivity index (χ0) is 15.6. The first kappa shape index (κ1) is 14.6. The molecule has 0 saturated carbocycles. The topological polar surface area (TPSA) is 82.3 Å². The number of nitrogens with zero attached hydrogens (tertiary/aromatic N) is 2. The van der Waals surface area contributed by atoms with E-state index in [2.05, 4.69) is 4.98 Å². The minimum Gasteiger partial charge on any atom is -0.455 e. The number of nitro groups is 1. The molecule has 0 aliphatic heterocycles. The van der Waals surface area contributed by atoms with Crippen LogP contribution in [0.1, 0.15) is 28.5 Å². The summed E-state index contributed by atoms with van der Waals surface area (Å²) in [6.45, 7) is 4.91. The van der Waals surface area contributed by atoms with Crippen molar-refractivity contribution >= 4 is 11.5 Å². The maximum absolute atomic E-state index is 11.1. The van der Waals surface area contributed by atoms with E-state index in [1.54, 1.807) is 25.1 Å². The Hall–Kier alpha value is -2.76. The Morgan fingerprint density at radius 3 is 2.48 bits per heavy atom. The highest BCUT2D eigenvalue weighted by Crippen LogP contribution is 2.31. The lowest BCUT2D eigenvalue weighted by molar-refractivity contribution is -0.385. The zero-order valence-electron chi connectivity index (χ0n) is 11.9. The summed E-state index contributed by atoms with van der Waals surface area (Å²) in [6.07, 6.45) is 1.42. The summed E-state index contributed by atoms with van der Waals surface area (Å²) in [5.74, 6) is 0.676. The van der Waals surface area contributed by atoms with E-state index in [0.717, 1.165) is 5.56 Å². The number of aryl methyl sites for hydroxylation is 2. The van der Waals surface area contributed by atoms with Crippen LogP contribution in [0.2, 0.25) is 0 Å². The number of carbonyl (C=O) groups is 1. The molecule has 2 rings (SSSR count). The Kier molecular flexibility index (Phi) is 3.98. The molecule has 0 amide bonds. The number of rotatable bonds is 4. The van der Waals surface area contributed by atoms with Gasteiger partial charge in [0.1, 0.15) is 17.2 Å². The summed E-state index contributed by atoms with van der Waals surface area (Å²) in [7, 11) is 0. The summed E-state index contributed by atoms with van der Waals surface area (Å²) >= 11 is 0. The average Bonchev–Trinajstić information content (AvgIpc) is 2.42. The van der Waals surface area contributed by atoms with Crippen LogP contribution in [0.3, 0.4) is 0 Å². The molecule has 0 unspecified atom stereocenters. The Labute approximate surface area is 121 Å². The Balaban J connectivity index is 2.32. The number of nitro benzene ring substituents is 1. The van der Waals surface area contributed by atoms with E-state index in [9.17, 15) is 14.9 Å². The number of hydrogen-bond donors (Lipinski definition) is 0. The fourth-order valence-electron chi connectivity index (χ4n) is 1.90. The predicted octanol–water partition coefficient (Wildman–Crippen LogP) is 3.60. The molecule has 1 aromatic heterocycles. The van der Waals surface area contributed by atoms with Gasteiger partial charge in [-0.05, 0) is 37.6 Å². The van der Waals surface area contributed by atoms with E-state index >= 15 is 0 Å². The molecule has 0 saturated heterocycles. The molecule has 0 bridgehead atoms. The zero-order valence-corrected chi connectivity index (χ0v) is 11.9. The highest BCUT2D eigenvalue weighted by Gasteiger charge is 2.15. The van der Waals surface area contributed by atoms with Gasteiger partial charge in [0, 0.05) is 12.5 Å². The van der Waals surface area contributed by atoms with Crippen molar-refractivity contribution in [3.8, 4) is 11.5 Å². The lowest BCUT2D eigenvalue weighted by Crippen LogP contribution is -1.98. The first-order valence-corrected chi connectivity index (χ1v) is 6.29. The van der Waals surface area contributed by atoms with Crippen molar-refractivity contribution in [2.45, 2.75) is 20.8 Å². The molecule has 0 spiro atoms. The molecule has 21 heavy (non-hydrogen) atoms. The van der Waals surface area contributed by atoms with Gasteiger partial charge in [-0.1, -0.05) is 0 Å². The van der Waals surface area contributed by atoms with Crippen LogP contribution in [0, 0.1) is 24.0 Å². The smallest absolute Gasteiger partial charge is 0.276 e. The lowest BCUT2D eigenvalue weighted by atomic mass is 10.1. The minimum absolute atomic E-state index is 0.00363. The van der Waals surface area contributed by atoms with Gasteiger partial charge in [-0.15, -0.1) is 0 Å². The number of hydrogen-bond acceptors (Lipinski definition) is 5. The van der Waals surface area contributed by atoms with Crippen LogP contribution in [0.5, 0.6) is 11.5 Å². The molecule has 0 fully saturated rings. The van der Waals surface area contributed by atoms with E-state index in [4.69, 9.17) is 4.74 Å². The van der Waals surface area contributed by atoms with E-state index < -0.39 is 4.92 Å². The van der Waals surface area contributed by atoms with Crippen LogP contribution in [-0.4, -0.2) is 15.7 Å². The highest BCUT2D eigenvalue weighted by molar-refractivity contribution is 5.92. The molecule has 1 aromatic carbocycles. The quantitative estimate of drug-likeness (QED) is 0.487. The maximum Gasteiger partial charge on any atom is 0.276 e. The second-order valence-electron chi connectivity index (χ2n) is 4.70. The third-order valence-electron chi connectivity index (χ3n) is 3.02. The summed E-state index contributed by atoms with van der Waals surface area (Å²) in [5, 5.41) is 11.0. The SMILES string of the molecule is CC(=O)c1ccc(Oc2cc([N+](=O)[O-])c(C)cc2C)cn1. The van der Waals surface area contributed by atoms with Gasteiger partial charge >= 0.3 is 0 Å². The summed E-state index contributed by atoms with van der Waals surface area (Å²) in [6, 6.07) is 6.25. The van der Waals surface area contributed by atoms with E-state index in [1.165, 1.54) is 19.2 Å². The van der Waals surface area contributed by atoms with Crippen LogP contribution in [0.15, 0.2) is 30.5 Å². The van der Waals surface area contributed by atoms with Gasteiger partial charge in [-0.3, -0.25) is 14.9 Å². The van der Waals surface area contributed by atoms with Gasteiger partial charge in [-0.2, -0.15) is 0 Å². The molecular weight excluding hydrogens is 272 g/mol. The Bertz CT molecular complexity index is 708. The first-order chi connectivity index (χ1) is 9.88.